The lowest BCUT2D eigenvalue weighted by atomic mass is 9.90. The zero-order valence-electron chi connectivity index (χ0n) is 40.5. The van der Waals surface area contributed by atoms with E-state index in [0.717, 1.165) is 107 Å². The van der Waals surface area contributed by atoms with Crippen molar-refractivity contribution in [1.29, 1.82) is 0 Å². The van der Waals surface area contributed by atoms with Gasteiger partial charge < -0.3 is 13.4 Å². The Hall–Kier alpha value is -10.1. The maximum Gasteiger partial charge on any atom is 0.164 e. The van der Waals surface area contributed by atoms with Gasteiger partial charge in [0.05, 0.1) is 11.2 Å². The van der Waals surface area contributed by atoms with Crippen molar-refractivity contribution < 1.29 is 8.83 Å². The Morgan fingerprint density at radius 2 is 0.973 bits per heavy atom. The number of allylic oxidation sites excluding steroid dienone is 1. The van der Waals surface area contributed by atoms with E-state index in [9.17, 15) is 0 Å². The molecule has 6 nitrogen and oxygen atoms in total. The molecular weight excluding hydrogens is 917 g/mol. The minimum atomic E-state index is 0.525. The van der Waals surface area contributed by atoms with Gasteiger partial charge in [-0.05, 0) is 107 Å². The molecule has 4 aromatic heterocycles. The SMILES string of the molecule is c1cccc(-c2cc(-c3nc(-c4cccc5oc6ccccc6c45)nc(-c4cccc5oc6ccccc6c45)n3)cc(-c3ccccc3)c2-n2c3c(c4cc(-c5ccccc5)ccc42)C=C(c2ccccc2)CC3)c#1. The first kappa shape index (κ1) is 42.6. The highest BCUT2D eigenvalue weighted by molar-refractivity contribution is 6.13. The predicted octanol–water partition coefficient (Wildman–Crippen LogP) is 17.7. The Balaban J connectivity index is 1.04. The Morgan fingerprint density at radius 3 is 1.61 bits per heavy atom. The molecule has 0 fully saturated rings. The largest absolute Gasteiger partial charge is 0.456 e. The summed E-state index contributed by atoms with van der Waals surface area (Å²) in [5.41, 5.74) is 19.2. The van der Waals surface area contributed by atoms with Crippen LogP contribution in [0.2, 0.25) is 0 Å². The fraction of sp³-hybridized carbons (Fsp3) is 0.0290. The molecule has 0 amide bonds. The van der Waals surface area contributed by atoms with Crippen molar-refractivity contribution in [2.75, 3.05) is 0 Å². The van der Waals surface area contributed by atoms with Crippen LogP contribution in [0.5, 0.6) is 0 Å². The molecule has 4 heterocycles. The van der Waals surface area contributed by atoms with E-state index in [2.05, 4.69) is 174 Å². The van der Waals surface area contributed by atoms with Gasteiger partial charge in [-0.25, -0.2) is 15.0 Å². The van der Waals surface area contributed by atoms with Gasteiger partial charge in [-0.3, -0.25) is 0 Å². The van der Waals surface area contributed by atoms with Gasteiger partial charge in [-0.1, -0.05) is 176 Å². The summed E-state index contributed by atoms with van der Waals surface area (Å²) in [6.45, 7) is 0. The Bertz CT molecular complexity index is 4380. The first-order valence-corrected chi connectivity index (χ1v) is 25.4. The normalized spacial score (nSPS) is 12.4. The summed E-state index contributed by atoms with van der Waals surface area (Å²) in [6.07, 6.45) is 4.17. The number of benzene rings is 9. The molecule has 1 aliphatic carbocycles. The molecule has 1 aliphatic rings. The van der Waals surface area contributed by atoms with Gasteiger partial charge in [-0.2, -0.15) is 0 Å². The quantitative estimate of drug-likeness (QED) is 0.152. The smallest absolute Gasteiger partial charge is 0.164 e. The van der Waals surface area contributed by atoms with Gasteiger partial charge in [0.1, 0.15) is 22.3 Å². The van der Waals surface area contributed by atoms with Gasteiger partial charge in [0.15, 0.2) is 17.5 Å². The second-order valence-electron chi connectivity index (χ2n) is 19.2. The lowest BCUT2D eigenvalue weighted by Crippen LogP contribution is -2.08. The highest BCUT2D eigenvalue weighted by Crippen LogP contribution is 2.47. The molecule has 350 valence electrons. The van der Waals surface area contributed by atoms with E-state index < -0.39 is 0 Å². The summed E-state index contributed by atoms with van der Waals surface area (Å²) < 4.78 is 15.4. The van der Waals surface area contributed by atoms with Crippen molar-refractivity contribution in [1.82, 2.24) is 19.5 Å². The van der Waals surface area contributed by atoms with E-state index in [4.69, 9.17) is 23.8 Å². The third-order valence-electron chi connectivity index (χ3n) is 14.8. The van der Waals surface area contributed by atoms with E-state index in [1.165, 1.54) is 38.9 Å². The summed E-state index contributed by atoms with van der Waals surface area (Å²) >= 11 is 0. The lowest BCUT2D eigenvalue weighted by molar-refractivity contribution is 0.668. The van der Waals surface area contributed by atoms with Crippen LogP contribution in [0.25, 0.3) is 140 Å². The second-order valence-corrected chi connectivity index (χ2v) is 19.2. The highest BCUT2D eigenvalue weighted by Gasteiger charge is 2.28. The van der Waals surface area contributed by atoms with Crippen molar-refractivity contribution in [3.8, 4) is 73.2 Å². The molecule has 0 saturated carbocycles. The first-order valence-electron chi connectivity index (χ1n) is 25.4. The average molecular weight is 959 g/mol. The molecular formula is C69H42N4O2. The van der Waals surface area contributed by atoms with E-state index in [1.54, 1.807) is 0 Å². The summed E-state index contributed by atoms with van der Waals surface area (Å²) in [5, 5.41) is 5.08. The molecule has 0 unspecified atom stereocenters. The molecule has 14 aromatic rings. The number of hydrogen-bond donors (Lipinski definition) is 0. The molecule has 0 aliphatic heterocycles. The third-order valence-corrected chi connectivity index (χ3v) is 14.8. The zero-order chi connectivity index (χ0) is 49.4. The Labute approximate surface area is 432 Å². The minimum absolute atomic E-state index is 0.525. The molecule has 0 spiro atoms. The molecule has 0 bridgehead atoms. The van der Waals surface area contributed by atoms with Crippen molar-refractivity contribution in [2.24, 2.45) is 0 Å². The monoisotopic (exact) mass is 958 g/mol. The van der Waals surface area contributed by atoms with Crippen molar-refractivity contribution in [2.45, 2.75) is 12.8 Å². The van der Waals surface area contributed by atoms with Gasteiger partial charge in [0.25, 0.3) is 0 Å². The number of nitrogens with zero attached hydrogens (tertiary/aromatic N) is 4. The van der Waals surface area contributed by atoms with E-state index in [0.29, 0.717) is 17.5 Å². The standard InChI is InChI=1S/C69H42N4O2/c1-5-19-43(20-6-1)47-35-37-58-56(39-47)57-40-48(44-21-7-2-8-22-44)36-38-59(57)73(58)66-54(45-23-9-3-10-24-45)41-49(42-55(66)46-25-11-4-12-26-46)67-70-68(52-29-17-33-62-64(52)50-27-13-15-31-60(50)74-62)72-69(71-67)53-30-18-34-63-65(53)51-28-14-16-32-61(51)75-63/h1-11,13-25,27-35,37,39-42H,36,38H2. The summed E-state index contributed by atoms with van der Waals surface area (Å²) in [5.74, 6) is 1.59. The molecule has 10 aromatic carbocycles. The molecule has 75 heavy (non-hydrogen) atoms. The number of hydrogen-bond acceptors (Lipinski definition) is 5. The second kappa shape index (κ2) is 17.3. The predicted molar refractivity (Wildman–Crippen MR) is 304 cm³/mol. The molecule has 0 radical (unpaired) electrons. The lowest BCUT2D eigenvalue weighted by Gasteiger charge is -2.23. The molecule has 0 atom stereocenters. The van der Waals surface area contributed by atoms with Gasteiger partial charge in [0.2, 0.25) is 0 Å². The van der Waals surface area contributed by atoms with Crippen LogP contribution in [0, 0.1) is 12.1 Å². The number of furan rings is 2. The van der Waals surface area contributed by atoms with Gasteiger partial charge in [-0.15, -0.1) is 0 Å². The van der Waals surface area contributed by atoms with Crippen LogP contribution in [0.4, 0.5) is 0 Å². The summed E-state index contributed by atoms with van der Waals surface area (Å²) in [6, 6.07) is 85.1. The van der Waals surface area contributed by atoms with Gasteiger partial charge >= 0.3 is 0 Å². The zero-order valence-corrected chi connectivity index (χ0v) is 40.5. The van der Waals surface area contributed by atoms with Crippen LogP contribution in [0.3, 0.4) is 0 Å². The highest BCUT2D eigenvalue weighted by atomic mass is 16.3. The maximum absolute atomic E-state index is 6.45. The maximum atomic E-state index is 6.45. The van der Waals surface area contributed by atoms with Crippen molar-refractivity contribution in [3.63, 3.8) is 0 Å². The van der Waals surface area contributed by atoms with Crippen LogP contribution >= 0.6 is 0 Å². The first-order chi connectivity index (χ1) is 37.2. The Kier molecular flexibility index (Phi) is 9.82. The molecule has 0 saturated heterocycles. The van der Waals surface area contributed by atoms with Crippen LogP contribution in [0.1, 0.15) is 23.2 Å². The third kappa shape index (κ3) is 7.09. The number of rotatable bonds is 8. The van der Waals surface area contributed by atoms with Crippen LogP contribution < -0.4 is 0 Å². The average Bonchev–Trinajstić information content (AvgIpc) is 4.20. The van der Waals surface area contributed by atoms with E-state index in [-0.39, 0.29) is 0 Å². The fourth-order valence-electron chi connectivity index (χ4n) is 11.4. The topological polar surface area (TPSA) is 69.9 Å². The molecule has 6 heteroatoms. The van der Waals surface area contributed by atoms with E-state index in [1.807, 2.05) is 72.8 Å². The number of fused-ring (bicyclic) bond motifs is 9. The molecule has 0 N–H and O–H groups in total. The van der Waals surface area contributed by atoms with Crippen molar-refractivity contribution >= 4 is 66.4 Å². The molecule has 15 rings (SSSR count). The van der Waals surface area contributed by atoms with Crippen molar-refractivity contribution in [3.05, 3.63) is 253 Å². The van der Waals surface area contributed by atoms with Crippen LogP contribution in [-0.2, 0) is 6.42 Å². The van der Waals surface area contributed by atoms with Crippen LogP contribution in [0.15, 0.2) is 233 Å². The minimum Gasteiger partial charge on any atom is -0.456 e. The number of aromatic nitrogens is 4. The fourth-order valence-corrected chi connectivity index (χ4v) is 11.4. The Morgan fingerprint density at radius 1 is 0.400 bits per heavy atom. The number of para-hydroxylation sites is 2. The summed E-state index contributed by atoms with van der Waals surface area (Å²) in [7, 11) is 0. The summed E-state index contributed by atoms with van der Waals surface area (Å²) in [4.78, 5) is 16.4. The van der Waals surface area contributed by atoms with Crippen LogP contribution in [-0.4, -0.2) is 19.5 Å². The van der Waals surface area contributed by atoms with Gasteiger partial charge in [0, 0.05) is 71.6 Å². The van der Waals surface area contributed by atoms with E-state index >= 15 is 0 Å².